The SMILES string of the molecule is Cc1cc(N2C[C@]34C=C[C@@H](O3)[C@@H](C(=O)NCc3ccc5c(c3)OCO5)[C@H]4C2=O)no1. The standard InChI is InChI=1S/C21H19N3O6/c1-11-6-16(23-30-11)24-9-21-5-4-14(29-21)17(18(21)20(24)26)19(25)22-8-12-2-3-13-15(7-12)28-10-27-13/h2-7,14,17-18H,8-10H2,1H3,(H,22,25)/t14-,17-,18+,21+/m1/s1. The fourth-order valence-corrected chi connectivity index (χ4v) is 4.83. The summed E-state index contributed by atoms with van der Waals surface area (Å²) < 4.78 is 21.9. The van der Waals surface area contributed by atoms with Crippen molar-refractivity contribution in [1.82, 2.24) is 10.5 Å². The van der Waals surface area contributed by atoms with Gasteiger partial charge in [0.1, 0.15) is 11.4 Å². The molecule has 6 rings (SSSR count). The van der Waals surface area contributed by atoms with Crippen LogP contribution in [0.15, 0.2) is 40.9 Å². The number of hydrogen-bond donors (Lipinski definition) is 1. The van der Waals surface area contributed by atoms with Crippen molar-refractivity contribution in [3.05, 3.63) is 47.7 Å². The van der Waals surface area contributed by atoms with E-state index in [4.69, 9.17) is 18.7 Å². The zero-order chi connectivity index (χ0) is 20.5. The number of nitrogens with one attached hydrogen (secondary N) is 1. The Morgan fingerprint density at radius 2 is 2.17 bits per heavy atom. The van der Waals surface area contributed by atoms with Crippen molar-refractivity contribution >= 4 is 17.6 Å². The molecule has 9 heteroatoms. The van der Waals surface area contributed by atoms with Crippen LogP contribution in [0, 0.1) is 18.8 Å². The van der Waals surface area contributed by atoms with Crippen molar-refractivity contribution in [2.75, 3.05) is 18.2 Å². The van der Waals surface area contributed by atoms with Crippen LogP contribution in [-0.4, -0.2) is 42.0 Å². The van der Waals surface area contributed by atoms with Gasteiger partial charge >= 0.3 is 0 Å². The molecule has 9 nitrogen and oxygen atoms in total. The molecule has 30 heavy (non-hydrogen) atoms. The molecule has 2 saturated heterocycles. The van der Waals surface area contributed by atoms with Crippen LogP contribution in [0.25, 0.3) is 0 Å². The van der Waals surface area contributed by atoms with Gasteiger partial charge in [0.05, 0.1) is 24.5 Å². The average Bonchev–Trinajstić information content (AvgIpc) is 3.53. The van der Waals surface area contributed by atoms with Crippen LogP contribution >= 0.6 is 0 Å². The Labute approximate surface area is 171 Å². The summed E-state index contributed by atoms with van der Waals surface area (Å²) in [5.41, 5.74) is 0.0920. The topological polar surface area (TPSA) is 103 Å². The summed E-state index contributed by atoms with van der Waals surface area (Å²) in [5.74, 6) is 0.872. The van der Waals surface area contributed by atoms with Crippen LogP contribution in [0.2, 0.25) is 0 Å². The van der Waals surface area contributed by atoms with E-state index in [1.165, 1.54) is 0 Å². The van der Waals surface area contributed by atoms with Crippen LogP contribution in [0.4, 0.5) is 5.82 Å². The Bertz CT molecular complexity index is 1090. The number of ether oxygens (including phenoxy) is 3. The Morgan fingerprint density at radius 1 is 1.30 bits per heavy atom. The summed E-state index contributed by atoms with van der Waals surface area (Å²) in [4.78, 5) is 27.9. The monoisotopic (exact) mass is 409 g/mol. The number of nitrogens with zero attached hydrogens (tertiary/aromatic N) is 2. The van der Waals surface area contributed by atoms with Crippen molar-refractivity contribution < 1.29 is 28.3 Å². The Kier molecular flexibility index (Phi) is 3.55. The molecule has 1 spiro atoms. The highest BCUT2D eigenvalue weighted by molar-refractivity contribution is 6.02. The Hall–Kier alpha value is -3.33. The number of aryl methyl sites for hydroxylation is 1. The van der Waals surface area contributed by atoms with Gasteiger partial charge in [-0.3, -0.25) is 14.5 Å². The normalized spacial score (nSPS) is 30.2. The number of rotatable bonds is 4. The van der Waals surface area contributed by atoms with E-state index in [2.05, 4.69) is 10.5 Å². The summed E-state index contributed by atoms with van der Waals surface area (Å²) in [7, 11) is 0. The molecule has 5 heterocycles. The lowest BCUT2D eigenvalue weighted by molar-refractivity contribution is -0.132. The lowest BCUT2D eigenvalue weighted by Crippen LogP contribution is -2.44. The molecule has 1 aromatic carbocycles. The maximum absolute atomic E-state index is 13.2. The third kappa shape index (κ3) is 2.41. The first-order valence-electron chi connectivity index (χ1n) is 9.82. The molecule has 0 radical (unpaired) electrons. The van der Waals surface area contributed by atoms with E-state index < -0.39 is 23.5 Å². The Morgan fingerprint density at radius 3 is 3.00 bits per heavy atom. The largest absolute Gasteiger partial charge is 0.454 e. The molecule has 2 bridgehead atoms. The molecule has 4 aliphatic heterocycles. The fourth-order valence-electron chi connectivity index (χ4n) is 4.83. The summed E-state index contributed by atoms with van der Waals surface area (Å²) in [6, 6.07) is 7.25. The van der Waals surface area contributed by atoms with Crippen LogP contribution in [0.3, 0.4) is 0 Å². The van der Waals surface area contributed by atoms with E-state index >= 15 is 0 Å². The second-order valence-corrected chi connectivity index (χ2v) is 8.03. The molecule has 1 aromatic heterocycles. The van der Waals surface area contributed by atoms with Gasteiger partial charge in [-0.15, -0.1) is 0 Å². The molecular formula is C21H19N3O6. The van der Waals surface area contributed by atoms with E-state index in [-0.39, 0.29) is 18.6 Å². The highest BCUT2D eigenvalue weighted by Crippen LogP contribution is 2.52. The van der Waals surface area contributed by atoms with Gasteiger partial charge in [-0.2, -0.15) is 0 Å². The molecular weight excluding hydrogens is 390 g/mol. The van der Waals surface area contributed by atoms with Crippen LogP contribution in [-0.2, 0) is 20.9 Å². The highest BCUT2D eigenvalue weighted by atomic mass is 16.7. The predicted octanol–water partition coefficient (Wildman–Crippen LogP) is 1.31. The zero-order valence-electron chi connectivity index (χ0n) is 16.2. The van der Waals surface area contributed by atoms with Gasteiger partial charge in [0, 0.05) is 12.6 Å². The van der Waals surface area contributed by atoms with E-state index in [1.54, 1.807) is 17.9 Å². The molecule has 4 atom stereocenters. The minimum Gasteiger partial charge on any atom is -0.454 e. The van der Waals surface area contributed by atoms with Gasteiger partial charge in [0.2, 0.25) is 18.6 Å². The minimum atomic E-state index is -0.796. The second kappa shape index (κ2) is 6.09. The van der Waals surface area contributed by atoms with E-state index in [0.717, 1.165) is 5.56 Å². The molecule has 0 aliphatic carbocycles. The zero-order valence-corrected chi connectivity index (χ0v) is 16.2. The van der Waals surface area contributed by atoms with Gasteiger partial charge in [-0.1, -0.05) is 23.4 Å². The van der Waals surface area contributed by atoms with Crippen molar-refractivity contribution in [3.63, 3.8) is 0 Å². The molecule has 154 valence electrons. The van der Waals surface area contributed by atoms with Crippen LogP contribution in [0.5, 0.6) is 11.5 Å². The van der Waals surface area contributed by atoms with Crippen LogP contribution < -0.4 is 19.7 Å². The number of fused-ring (bicyclic) bond motifs is 2. The van der Waals surface area contributed by atoms with Crippen molar-refractivity contribution in [2.45, 2.75) is 25.2 Å². The third-order valence-corrected chi connectivity index (χ3v) is 6.20. The lowest BCUT2D eigenvalue weighted by atomic mass is 9.77. The number of hydrogen-bond acceptors (Lipinski definition) is 7. The first-order valence-corrected chi connectivity index (χ1v) is 9.82. The quantitative estimate of drug-likeness (QED) is 0.760. The van der Waals surface area contributed by atoms with Gasteiger partial charge < -0.3 is 24.1 Å². The molecule has 2 aromatic rings. The highest BCUT2D eigenvalue weighted by Gasteiger charge is 2.67. The fraction of sp³-hybridized carbons (Fsp3) is 0.381. The number of aromatic nitrogens is 1. The summed E-state index contributed by atoms with van der Waals surface area (Å²) in [6.45, 7) is 2.61. The van der Waals surface area contributed by atoms with Crippen LogP contribution in [0.1, 0.15) is 11.3 Å². The van der Waals surface area contributed by atoms with Crippen molar-refractivity contribution in [2.24, 2.45) is 11.8 Å². The molecule has 2 fully saturated rings. The van der Waals surface area contributed by atoms with E-state index in [9.17, 15) is 9.59 Å². The van der Waals surface area contributed by atoms with E-state index in [0.29, 0.717) is 36.2 Å². The maximum Gasteiger partial charge on any atom is 0.235 e. The maximum atomic E-state index is 13.2. The van der Waals surface area contributed by atoms with Crippen molar-refractivity contribution in [3.8, 4) is 11.5 Å². The Balaban J connectivity index is 1.21. The van der Waals surface area contributed by atoms with Gasteiger partial charge in [-0.25, -0.2) is 0 Å². The molecule has 0 unspecified atom stereocenters. The summed E-state index contributed by atoms with van der Waals surface area (Å²) in [6.07, 6.45) is 3.39. The third-order valence-electron chi connectivity index (χ3n) is 6.20. The summed E-state index contributed by atoms with van der Waals surface area (Å²) >= 11 is 0. The number of carbonyl (C=O) groups excluding carboxylic acids is 2. The number of carbonyl (C=O) groups is 2. The molecule has 0 saturated carbocycles. The van der Waals surface area contributed by atoms with Crippen molar-refractivity contribution in [1.29, 1.82) is 0 Å². The lowest BCUT2D eigenvalue weighted by Gasteiger charge is -2.23. The first kappa shape index (κ1) is 17.5. The van der Waals surface area contributed by atoms with Gasteiger partial charge in [-0.05, 0) is 24.6 Å². The first-order chi connectivity index (χ1) is 14.5. The second-order valence-electron chi connectivity index (χ2n) is 8.03. The smallest absolute Gasteiger partial charge is 0.235 e. The molecule has 1 N–H and O–H groups in total. The summed E-state index contributed by atoms with van der Waals surface area (Å²) in [5, 5.41) is 6.91. The minimum absolute atomic E-state index is 0.168. The number of anilines is 1. The average molecular weight is 409 g/mol. The molecule has 4 aliphatic rings. The van der Waals surface area contributed by atoms with E-state index in [1.807, 2.05) is 30.4 Å². The predicted molar refractivity (Wildman–Crippen MR) is 102 cm³/mol. The molecule has 2 amide bonds. The van der Waals surface area contributed by atoms with Gasteiger partial charge in [0.25, 0.3) is 0 Å². The number of amides is 2. The van der Waals surface area contributed by atoms with Gasteiger partial charge in [0.15, 0.2) is 17.3 Å². The number of benzene rings is 1.